The molecule has 114 valence electrons. The molecule has 1 saturated heterocycles. The smallest absolute Gasteiger partial charge is 0.320 e. The average Bonchev–Trinajstić information content (AvgIpc) is 2.88. The molecule has 1 aliphatic rings. The van der Waals surface area contributed by atoms with Gasteiger partial charge in [-0.2, -0.15) is 0 Å². The molecule has 0 aromatic carbocycles. The third kappa shape index (κ3) is 3.50. The Balaban J connectivity index is 2.71. The van der Waals surface area contributed by atoms with Crippen LogP contribution in [0.25, 0.3) is 0 Å². The van der Waals surface area contributed by atoms with Crippen LogP contribution in [0.1, 0.15) is 19.8 Å². The molecule has 0 radical (unpaired) electrons. The minimum atomic E-state index is -0.817. The number of amides is 2. The lowest BCUT2D eigenvalue weighted by atomic mass is 9.84. The number of aliphatic carboxylic acids is 1. The van der Waals surface area contributed by atoms with Crippen molar-refractivity contribution in [3.8, 4) is 0 Å². The Morgan fingerprint density at radius 3 is 2.70 bits per heavy atom. The predicted octanol–water partition coefficient (Wildman–Crippen LogP) is 1.43. The highest BCUT2D eigenvalue weighted by Gasteiger charge is 2.45. The highest BCUT2D eigenvalue weighted by molar-refractivity contribution is 5.80. The standard InChI is InChI=1S/C14H24N2O4/c1-4-7-15(9-10-20-3)13(19)16-8-6-14(5-2,11-16)12(17)18/h4H,1,5-11H2,2-3H3,(H,17,18). The van der Waals surface area contributed by atoms with Crippen LogP contribution in [-0.4, -0.2) is 66.8 Å². The largest absolute Gasteiger partial charge is 0.481 e. The summed E-state index contributed by atoms with van der Waals surface area (Å²) in [4.78, 5) is 27.1. The number of likely N-dealkylation sites (tertiary alicyclic amines) is 1. The lowest BCUT2D eigenvalue weighted by Crippen LogP contribution is -2.45. The quantitative estimate of drug-likeness (QED) is 0.718. The molecule has 1 fully saturated rings. The van der Waals surface area contributed by atoms with Gasteiger partial charge in [0.05, 0.1) is 12.0 Å². The first kappa shape index (κ1) is 16.5. The molecule has 20 heavy (non-hydrogen) atoms. The van der Waals surface area contributed by atoms with Crippen molar-refractivity contribution in [3.05, 3.63) is 12.7 Å². The zero-order valence-corrected chi connectivity index (χ0v) is 12.3. The van der Waals surface area contributed by atoms with Gasteiger partial charge in [-0.15, -0.1) is 6.58 Å². The van der Waals surface area contributed by atoms with E-state index in [1.54, 1.807) is 23.0 Å². The fourth-order valence-corrected chi connectivity index (χ4v) is 2.47. The summed E-state index contributed by atoms with van der Waals surface area (Å²) in [5.74, 6) is -0.817. The Morgan fingerprint density at radius 1 is 1.55 bits per heavy atom. The van der Waals surface area contributed by atoms with Crippen molar-refractivity contribution in [3.63, 3.8) is 0 Å². The van der Waals surface area contributed by atoms with Gasteiger partial charge in [0.2, 0.25) is 0 Å². The van der Waals surface area contributed by atoms with E-state index in [-0.39, 0.29) is 12.6 Å². The zero-order valence-electron chi connectivity index (χ0n) is 12.3. The van der Waals surface area contributed by atoms with E-state index in [1.807, 2.05) is 6.92 Å². The number of hydrogen-bond donors (Lipinski definition) is 1. The molecule has 1 N–H and O–H groups in total. The van der Waals surface area contributed by atoms with Crippen LogP contribution in [0.15, 0.2) is 12.7 Å². The van der Waals surface area contributed by atoms with E-state index in [0.717, 1.165) is 0 Å². The maximum atomic E-state index is 12.4. The predicted molar refractivity (Wildman–Crippen MR) is 75.6 cm³/mol. The second-order valence-corrected chi connectivity index (χ2v) is 5.12. The number of ether oxygens (including phenoxy) is 1. The van der Waals surface area contributed by atoms with Gasteiger partial charge in [-0.3, -0.25) is 4.79 Å². The number of carbonyl (C=O) groups excluding carboxylic acids is 1. The zero-order chi connectivity index (χ0) is 15.2. The fourth-order valence-electron chi connectivity index (χ4n) is 2.47. The van der Waals surface area contributed by atoms with Gasteiger partial charge in [0.1, 0.15) is 0 Å². The normalized spacial score (nSPS) is 21.8. The molecule has 6 nitrogen and oxygen atoms in total. The number of methoxy groups -OCH3 is 1. The summed E-state index contributed by atoms with van der Waals surface area (Å²) >= 11 is 0. The molecule has 1 rings (SSSR count). The minimum absolute atomic E-state index is 0.140. The molecule has 1 atom stereocenters. The Bertz CT molecular complexity index is 372. The summed E-state index contributed by atoms with van der Waals surface area (Å²) in [7, 11) is 1.58. The van der Waals surface area contributed by atoms with Crippen LogP contribution >= 0.6 is 0 Å². The summed E-state index contributed by atoms with van der Waals surface area (Å²) in [5.41, 5.74) is -0.795. The summed E-state index contributed by atoms with van der Waals surface area (Å²) in [6.07, 6.45) is 2.70. The summed E-state index contributed by atoms with van der Waals surface area (Å²) < 4.78 is 4.99. The second kappa shape index (κ2) is 7.28. The van der Waals surface area contributed by atoms with Crippen molar-refractivity contribution in [1.29, 1.82) is 0 Å². The van der Waals surface area contributed by atoms with E-state index in [9.17, 15) is 14.7 Å². The molecule has 0 aliphatic carbocycles. The Morgan fingerprint density at radius 2 is 2.25 bits per heavy atom. The highest BCUT2D eigenvalue weighted by atomic mass is 16.5. The minimum Gasteiger partial charge on any atom is -0.481 e. The van der Waals surface area contributed by atoms with Crippen molar-refractivity contribution in [1.82, 2.24) is 9.80 Å². The summed E-state index contributed by atoms with van der Waals surface area (Å²) in [6, 6.07) is -0.140. The first-order valence-corrected chi connectivity index (χ1v) is 6.88. The van der Waals surface area contributed by atoms with Gasteiger partial charge < -0.3 is 19.6 Å². The van der Waals surface area contributed by atoms with Gasteiger partial charge in [0.25, 0.3) is 0 Å². The molecule has 1 aliphatic heterocycles. The number of nitrogens with zero attached hydrogens (tertiary/aromatic N) is 2. The first-order chi connectivity index (χ1) is 9.50. The fraction of sp³-hybridized carbons (Fsp3) is 0.714. The van der Waals surface area contributed by atoms with E-state index in [4.69, 9.17) is 4.74 Å². The number of carbonyl (C=O) groups is 2. The van der Waals surface area contributed by atoms with E-state index in [2.05, 4.69) is 6.58 Å². The molecule has 0 aromatic heterocycles. The van der Waals surface area contributed by atoms with E-state index >= 15 is 0 Å². The van der Waals surface area contributed by atoms with Crippen LogP contribution in [0.4, 0.5) is 4.79 Å². The van der Waals surface area contributed by atoms with Crippen molar-refractivity contribution in [2.75, 3.05) is 39.9 Å². The Labute approximate surface area is 120 Å². The van der Waals surface area contributed by atoms with Crippen LogP contribution < -0.4 is 0 Å². The van der Waals surface area contributed by atoms with Crippen LogP contribution in [0.5, 0.6) is 0 Å². The number of hydrogen-bond acceptors (Lipinski definition) is 3. The lowest BCUT2D eigenvalue weighted by Gasteiger charge is -2.28. The molecule has 2 amide bonds. The molecule has 0 bridgehead atoms. The van der Waals surface area contributed by atoms with Gasteiger partial charge in [-0.1, -0.05) is 13.0 Å². The molecule has 1 unspecified atom stereocenters. The topological polar surface area (TPSA) is 70.1 Å². The van der Waals surface area contributed by atoms with Gasteiger partial charge in [-0.05, 0) is 12.8 Å². The maximum absolute atomic E-state index is 12.4. The SMILES string of the molecule is C=CCN(CCOC)C(=O)N1CCC(CC)(C(=O)O)C1. The van der Waals surface area contributed by atoms with Gasteiger partial charge in [0, 0.05) is 33.3 Å². The van der Waals surface area contributed by atoms with Crippen molar-refractivity contribution in [2.45, 2.75) is 19.8 Å². The molecule has 0 aromatic rings. The summed E-state index contributed by atoms with van der Waals surface area (Å²) in [6.45, 7) is 7.62. The Kier molecular flexibility index (Phi) is 6.01. The molecule has 1 heterocycles. The third-order valence-corrected chi connectivity index (χ3v) is 3.94. The Hall–Kier alpha value is -1.56. The molecule has 6 heteroatoms. The number of carboxylic acids is 1. The monoisotopic (exact) mass is 284 g/mol. The maximum Gasteiger partial charge on any atom is 0.320 e. The van der Waals surface area contributed by atoms with Crippen molar-refractivity contribution >= 4 is 12.0 Å². The van der Waals surface area contributed by atoms with E-state index in [1.165, 1.54) is 0 Å². The van der Waals surface area contributed by atoms with Crippen LogP contribution in [0, 0.1) is 5.41 Å². The van der Waals surface area contributed by atoms with Gasteiger partial charge in [-0.25, -0.2) is 4.79 Å². The molecular weight excluding hydrogens is 260 g/mol. The lowest BCUT2D eigenvalue weighted by molar-refractivity contribution is -0.148. The molecule has 0 spiro atoms. The van der Waals surface area contributed by atoms with E-state index in [0.29, 0.717) is 39.1 Å². The summed E-state index contributed by atoms with van der Waals surface area (Å²) in [5, 5.41) is 9.36. The van der Waals surface area contributed by atoms with Gasteiger partial charge >= 0.3 is 12.0 Å². The number of rotatable bonds is 7. The molecular formula is C14H24N2O4. The van der Waals surface area contributed by atoms with E-state index < -0.39 is 11.4 Å². The van der Waals surface area contributed by atoms with Crippen LogP contribution in [-0.2, 0) is 9.53 Å². The van der Waals surface area contributed by atoms with Crippen LogP contribution in [0.2, 0.25) is 0 Å². The van der Waals surface area contributed by atoms with Crippen molar-refractivity contribution < 1.29 is 19.4 Å². The average molecular weight is 284 g/mol. The molecule has 0 saturated carbocycles. The third-order valence-electron chi connectivity index (χ3n) is 3.94. The van der Waals surface area contributed by atoms with Gasteiger partial charge in [0.15, 0.2) is 0 Å². The van der Waals surface area contributed by atoms with Crippen molar-refractivity contribution in [2.24, 2.45) is 5.41 Å². The number of urea groups is 1. The highest BCUT2D eigenvalue weighted by Crippen LogP contribution is 2.34. The first-order valence-electron chi connectivity index (χ1n) is 6.88. The number of carboxylic acid groups (broad SMARTS) is 1. The van der Waals surface area contributed by atoms with Crippen LogP contribution in [0.3, 0.4) is 0 Å². The second-order valence-electron chi connectivity index (χ2n) is 5.12.